The van der Waals surface area contributed by atoms with Crippen LogP contribution in [0.15, 0.2) is 54.9 Å². The highest BCUT2D eigenvalue weighted by atomic mass is 16.5. The largest absolute Gasteiger partial charge is 0.453 e. The first-order valence-electron chi connectivity index (χ1n) is 15.1. The number of pyridine rings is 1. The van der Waals surface area contributed by atoms with Crippen LogP contribution in [-0.2, 0) is 25.5 Å². The molecular formula is C32H43N5O6. The van der Waals surface area contributed by atoms with E-state index in [4.69, 9.17) is 9.47 Å². The number of morpholine rings is 1. The number of ketones is 1. The van der Waals surface area contributed by atoms with Gasteiger partial charge in [0.2, 0.25) is 5.78 Å². The molecule has 2 atom stereocenters. The van der Waals surface area contributed by atoms with Crippen molar-refractivity contribution < 1.29 is 28.7 Å². The summed E-state index contributed by atoms with van der Waals surface area (Å²) in [6.07, 6.45) is 6.91. The van der Waals surface area contributed by atoms with Crippen LogP contribution in [0.25, 0.3) is 0 Å². The van der Waals surface area contributed by atoms with E-state index in [1.165, 1.54) is 12.0 Å². The van der Waals surface area contributed by atoms with Gasteiger partial charge in [0.1, 0.15) is 6.04 Å². The number of aromatic nitrogens is 1. The van der Waals surface area contributed by atoms with Gasteiger partial charge in [-0.05, 0) is 69.1 Å². The molecule has 43 heavy (non-hydrogen) atoms. The quantitative estimate of drug-likeness (QED) is 0.268. The molecule has 1 aliphatic heterocycles. The molecule has 11 heteroatoms. The molecule has 1 aromatic heterocycles. The average molecular weight is 594 g/mol. The third-order valence-corrected chi connectivity index (χ3v) is 8.39. The second kappa shape index (κ2) is 15.5. The first kappa shape index (κ1) is 31.9. The first-order chi connectivity index (χ1) is 20.8. The number of nitrogens with zero attached hydrogens (tertiary/aromatic N) is 3. The molecular weight excluding hydrogens is 550 g/mol. The minimum absolute atomic E-state index is 0.147. The van der Waals surface area contributed by atoms with E-state index in [0.29, 0.717) is 65.0 Å². The zero-order valence-electron chi connectivity index (χ0n) is 25.1. The number of benzene rings is 1. The molecule has 2 heterocycles. The van der Waals surface area contributed by atoms with Gasteiger partial charge in [0, 0.05) is 32.0 Å². The molecule has 232 valence electrons. The second-order valence-electron chi connectivity index (χ2n) is 11.3. The Labute approximate surface area is 253 Å². The number of carbonyl (C=O) groups is 4. The number of hydrogen-bond donors (Lipinski definition) is 2. The fourth-order valence-electron chi connectivity index (χ4n) is 5.88. The number of amides is 4. The molecule has 0 radical (unpaired) electrons. The number of Topliss-reactive ketones (excluding diaryl/α,β-unsaturated/α-hetero) is 1. The summed E-state index contributed by atoms with van der Waals surface area (Å²) in [6.45, 7) is 4.37. The SMILES string of the molecule is COC(=O)N([C@@H](CCCCNC(=O)N1CCOCC1)C(=O)C(=O)N[C@H](C)c1ccccc1)C1(Cc2cccnc2)CCC1. The van der Waals surface area contributed by atoms with E-state index in [1.54, 1.807) is 17.3 Å². The number of nitrogens with one attached hydrogen (secondary N) is 2. The molecule has 1 saturated heterocycles. The number of ether oxygens (including phenoxy) is 2. The predicted octanol–water partition coefficient (Wildman–Crippen LogP) is 3.64. The molecule has 0 unspecified atom stereocenters. The van der Waals surface area contributed by atoms with E-state index in [9.17, 15) is 19.2 Å². The summed E-state index contributed by atoms with van der Waals surface area (Å²) < 4.78 is 10.5. The van der Waals surface area contributed by atoms with Crippen molar-refractivity contribution in [1.82, 2.24) is 25.4 Å². The molecule has 1 saturated carbocycles. The Balaban J connectivity index is 1.50. The van der Waals surface area contributed by atoms with Crippen LogP contribution < -0.4 is 10.6 Å². The number of carbonyl (C=O) groups excluding carboxylic acids is 4. The van der Waals surface area contributed by atoms with E-state index in [2.05, 4.69) is 15.6 Å². The highest BCUT2D eigenvalue weighted by Gasteiger charge is 2.51. The number of methoxy groups -OCH3 is 1. The lowest BCUT2D eigenvalue weighted by atomic mass is 9.70. The molecule has 0 bridgehead atoms. The molecule has 0 spiro atoms. The van der Waals surface area contributed by atoms with Crippen molar-refractivity contribution in [1.29, 1.82) is 0 Å². The highest BCUT2D eigenvalue weighted by molar-refractivity contribution is 6.38. The Kier molecular flexibility index (Phi) is 11.5. The Morgan fingerprint density at radius 1 is 1.07 bits per heavy atom. The minimum atomic E-state index is -1.03. The number of unbranched alkanes of at least 4 members (excludes halogenated alkanes) is 1. The molecule has 2 N–H and O–H groups in total. The summed E-state index contributed by atoms with van der Waals surface area (Å²) in [5, 5.41) is 5.75. The molecule has 11 nitrogen and oxygen atoms in total. The predicted molar refractivity (Wildman–Crippen MR) is 160 cm³/mol. The smallest absolute Gasteiger partial charge is 0.410 e. The fraction of sp³-hybridized carbons (Fsp3) is 0.531. The topological polar surface area (TPSA) is 130 Å². The van der Waals surface area contributed by atoms with Gasteiger partial charge < -0.3 is 25.0 Å². The normalized spacial score (nSPS) is 17.1. The maximum absolute atomic E-state index is 13.9. The minimum Gasteiger partial charge on any atom is -0.453 e. The summed E-state index contributed by atoms with van der Waals surface area (Å²) in [4.78, 5) is 60.7. The van der Waals surface area contributed by atoms with Crippen LogP contribution >= 0.6 is 0 Å². The van der Waals surface area contributed by atoms with Crippen molar-refractivity contribution in [3.8, 4) is 0 Å². The third-order valence-electron chi connectivity index (χ3n) is 8.39. The van der Waals surface area contributed by atoms with Crippen LogP contribution in [0.5, 0.6) is 0 Å². The second-order valence-corrected chi connectivity index (χ2v) is 11.3. The Morgan fingerprint density at radius 3 is 2.44 bits per heavy atom. The summed E-state index contributed by atoms with van der Waals surface area (Å²) in [5.41, 5.74) is 1.13. The monoisotopic (exact) mass is 593 g/mol. The molecule has 1 aliphatic carbocycles. The first-order valence-corrected chi connectivity index (χ1v) is 15.1. The van der Waals surface area contributed by atoms with Gasteiger partial charge in [0.05, 0.1) is 31.9 Å². The zero-order valence-corrected chi connectivity index (χ0v) is 25.1. The van der Waals surface area contributed by atoms with E-state index < -0.39 is 35.4 Å². The van der Waals surface area contributed by atoms with Crippen LogP contribution in [0, 0.1) is 0 Å². The van der Waals surface area contributed by atoms with E-state index in [0.717, 1.165) is 17.5 Å². The van der Waals surface area contributed by atoms with Crippen LogP contribution in [0.3, 0.4) is 0 Å². The van der Waals surface area contributed by atoms with Crippen molar-refractivity contribution in [2.75, 3.05) is 40.0 Å². The molecule has 1 aromatic carbocycles. The lowest BCUT2D eigenvalue weighted by Crippen LogP contribution is -2.64. The van der Waals surface area contributed by atoms with E-state index in [1.807, 2.05) is 49.4 Å². The summed E-state index contributed by atoms with van der Waals surface area (Å²) in [7, 11) is 1.30. The molecule has 2 aliphatic rings. The maximum Gasteiger partial charge on any atom is 0.410 e. The number of rotatable bonds is 13. The van der Waals surface area contributed by atoms with Gasteiger partial charge in [-0.3, -0.25) is 19.5 Å². The summed E-state index contributed by atoms with van der Waals surface area (Å²) in [6, 6.07) is 11.6. The Bertz CT molecular complexity index is 1220. The number of hydrogen-bond acceptors (Lipinski definition) is 7. The Hall–Kier alpha value is -3.99. The molecule has 2 aromatic rings. The van der Waals surface area contributed by atoms with Gasteiger partial charge in [0.15, 0.2) is 0 Å². The Morgan fingerprint density at radius 2 is 1.81 bits per heavy atom. The average Bonchev–Trinajstić information content (AvgIpc) is 3.03. The standard InChI is InChI=1S/C32H43N5O6/c1-24(26-11-4-3-5-12-26)35-29(39)28(38)27(13-6-7-17-34-30(40)36-18-20-43-21-19-36)37(31(41)42-2)32(14-9-15-32)22-25-10-8-16-33-23-25/h3-5,8,10-12,16,23-24,27H,6-7,9,13-15,17-22H2,1-2H3,(H,34,40)(H,35,39)/t24-,27+/m1/s1. The van der Waals surface area contributed by atoms with Crippen molar-refractivity contribution in [3.63, 3.8) is 0 Å². The third kappa shape index (κ3) is 8.31. The van der Waals surface area contributed by atoms with Crippen molar-refractivity contribution in [2.24, 2.45) is 0 Å². The van der Waals surface area contributed by atoms with Gasteiger partial charge in [-0.15, -0.1) is 0 Å². The van der Waals surface area contributed by atoms with Crippen molar-refractivity contribution >= 4 is 23.8 Å². The van der Waals surface area contributed by atoms with Gasteiger partial charge in [-0.25, -0.2) is 9.59 Å². The molecule has 2 fully saturated rings. The molecule has 4 amide bonds. The van der Waals surface area contributed by atoms with Crippen LogP contribution in [0.2, 0.25) is 0 Å². The van der Waals surface area contributed by atoms with E-state index >= 15 is 0 Å². The lowest BCUT2D eigenvalue weighted by Gasteiger charge is -2.52. The lowest BCUT2D eigenvalue weighted by molar-refractivity contribution is -0.143. The van der Waals surface area contributed by atoms with Gasteiger partial charge in [-0.2, -0.15) is 0 Å². The van der Waals surface area contributed by atoms with Crippen LogP contribution in [0.1, 0.15) is 62.6 Å². The fourth-order valence-corrected chi connectivity index (χ4v) is 5.88. The van der Waals surface area contributed by atoms with E-state index in [-0.39, 0.29) is 12.5 Å². The van der Waals surface area contributed by atoms with Crippen molar-refractivity contribution in [3.05, 3.63) is 66.0 Å². The van der Waals surface area contributed by atoms with Gasteiger partial charge >= 0.3 is 12.1 Å². The van der Waals surface area contributed by atoms with Gasteiger partial charge in [0.25, 0.3) is 5.91 Å². The van der Waals surface area contributed by atoms with Crippen LogP contribution in [-0.4, -0.2) is 90.1 Å². The van der Waals surface area contributed by atoms with Crippen molar-refractivity contribution in [2.45, 2.75) is 69.5 Å². The highest BCUT2D eigenvalue weighted by Crippen LogP contribution is 2.43. The zero-order chi connectivity index (χ0) is 30.7. The number of urea groups is 1. The molecule has 4 rings (SSSR count). The maximum atomic E-state index is 13.9. The van der Waals surface area contributed by atoms with Crippen LogP contribution in [0.4, 0.5) is 9.59 Å². The van der Waals surface area contributed by atoms with Gasteiger partial charge in [-0.1, -0.05) is 36.4 Å². The summed E-state index contributed by atoms with van der Waals surface area (Å²) in [5.74, 6) is -1.42. The summed E-state index contributed by atoms with van der Waals surface area (Å²) >= 11 is 0.